The molecular weight excluding hydrogens is 320 g/mol. The lowest BCUT2D eigenvalue weighted by Crippen LogP contribution is -1.96. The van der Waals surface area contributed by atoms with Crippen molar-refractivity contribution < 1.29 is 19.0 Å². The summed E-state index contributed by atoms with van der Waals surface area (Å²) in [7, 11) is 0. The minimum Gasteiger partial charge on any atom is -0.504 e. The van der Waals surface area contributed by atoms with E-state index in [2.05, 4.69) is 4.98 Å². The molecule has 0 spiro atoms. The fraction of sp³-hybridized carbons (Fsp3) is 0.211. The molecular formula is C19H20N2O4. The lowest BCUT2D eigenvalue weighted by molar-refractivity contribution is 0.323. The molecule has 0 radical (unpaired) electrons. The molecule has 1 aromatic carbocycles. The van der Waals surface area contributed by atoms with Gasteiger partial charge in [0.15, 0.2) is 11.5 Å². The average molecular weight is 340 g/mol. The van der Waals surface area contributed by atoms with E-state index >= 15 is 0 Å². The molecule has 3 aromatic rings. The Morgan fingerprint density at radius 2 is 1.76 bits per heavy atom. The number of anilines is 1. The van der Waals surface area contributed by atoms with Gasteiger partial charge >= 0.3 is 0 Å². The van der Waals surface area contributed by atoms with Crippen LogP contribution in [0.2, 0.25) is 0 Å². The normalized spacial score (nSPS) is 10.6. The summed E-state index contributed by atoms with van der Waals surface area (Å²) in [5.41, 5.74) is 7.73. The number of aromatic nitrogens is 1. The van der Waals surface area contributed by atoms with Gasteiger partial charge in [-0.1, -0.05) is 0 Å². The summed E-state index contributed by atoms with van der Waals surface area (Å²) in [6.45, 7) is 4.83. The highest BCUT2D eigenvalue weighted by Gasteiger charge is 2.22. The molecule has 3 N–H and O–H groups in total. The molecule has 0 aliphatic rings. The van der Waals surface area contributed by atoms with Crippen LogP contribution < -0.4 is 15.2 Å². The van der Waals surface area contributed by atoms with Crippen LogP contribution in [0.3, 0.4) is 0 Å². The predicted octanol–water partition coefficient (Wildman–Crippen LogP) is 4.09. The monoisotopic (exact) mass is 340 g/mol. The van der Waals surface area contributed by atoms with Crippen LogP contribution in [0.15, 0.2) is 47.1 Å². The van der Waals surface area contributed by atoms with Crippen molar-refractivity contribution in [2.24, 2.45) is 0 Å². The van der Waals surface area contributed by atoms with Gasteiger partial charge in [0.2, 0.25) is 5.88 Å². The van der Waals surface area contributed by atoms with E-state index in [0.29, 0.717) is 41.4 Å². The maximum atomic E-state index is 10.7. The summed E-state index contributed by atoms with van der Waals surface area (Å²) in [6.07, 6.45) is 3.25. The maximum absolute atomic E-state index is 10.7. The number of hydrogen-bond acceptors (Lipinski definition) is 6. The molecule has 2 aromatic heterocycles. The molecule has 0 unspecified atom stereocenters. The Morgan fingerprint density at radius 3 is 2.32 bits per heavy atom. The first-order valence-electron chi connectivity index (χ1n) is 8.06. The van der Waals surface area contributed by atoms with Gasteiger partial charge in [0.25, 0.3) is 0 Å². The van der Waals surface area contributed by atoms with Crippen molar-refractivity contribution in [2.75, 3.05) is 18.9 Å². The fourth-order valence-electron chi connectivity index (χ4n) is 2.63. The first-order chi connectivity index (χ1) is 12.1. The highest BCUT2D eigenvalue weighted by atomic mass is 16.5. The van der Waals surface area contributed by atoms with Gasteiger partial charge in [-0.05, 0) is 43.7 Å². The third kappa shape index (κ3) is 3.38. The minimum absolute atomic E-state index is 0.0402. The molecule has 0 saturated heterocycles. The van der Waals surface area contributed by atoms with Crippen molar-refractivity contribution in [1.82, 2.24) is 4.98 Å². The van der Waals surface area contributed by atoms with Crippen molar-refractivity contribution in [3.05, 3.63) is 42.7 Å². The second kappa shape index (κ2) is 7.17. The molecule has 3 rings (SSSR count). The van der Waals surface area contributed by atoms with Gasteiger partial charge in [-0.2, -0.15) is 0 Å². The highest BCUT2D eigenvalue weighted by molar-refractivity contribution is 5.87. The Labute approximate surface area is 145 Å². The summed E-state index contributed by atoms with van der Waals surface area (Å²) >= 11 is 0. The van der Waals surface area contributed by atoms with Crippen LogP contribution in [0.5, 0.6) is 17.2 Å². The van der Waals surface area contributed by atoms with Crippen LogP contribution in [-0.2, 0) is 0 Å². The number of hydrogen-bond donors (Lipinski definition) is 2. The Balaban J connectivity index is 2.11. The summed E-state index contributed by atoms with van der Waals surface area (Å²) in [6, 6.07) is 8.93. The van der Waals surface area contributed by atoms with Crippen LogP contribution in [0.1, 0.15) is 13.8 Å². The first-order valence-corrected chi connectivity index (χ1v) is 8.06. The third-order valence-corrected chi connectivity index (χ3v) is 3.62. The van der Waals surface area contributed by atoms with E-state index in [9.17, 15) is 5.11 Å². The summed E-state index contributed by atoms with van der Waals surface area (Å²) in [4.78, 5) is 4.04. The van der Waals surface area contributed by atoms with E-state index in [1.807, 2.05) is 13.8 Å². The number of aromatic hydroxyl groups is 1. The van der Waals surface area contributed by atoms with Crippen molar-refractivity contribution >= 4 is 5.88 Å². The van der Waals surface area contributed by atoms with Crippen LogP contribution in [0.4, 0.5) is 5.88 Å². The SMILES string of the molecule is CCOc1cc(OCC)cc(-c2c(N)oc(-c3cccnc3)c2O)c1. The fourth-order valence-corrected chi connectivity index (χ4v) is 2.63. The smallest absolute Gasteiger partial charge is 0.202 e. The Kier molecular flexibility index (Phi) is 4.79. The molecule has 0 atom stereocenters. The van der Waals surface area contributed by atoms with Crippen LogP contribution >= 0.6 is 0 Å². The van der Waals surface area contributed by atoms with Crippen molar-refractivity contribution in [2.45, 2.75) is 13.8 Å². The zero-order valence-corrected chi connectivity index (χ0v) is 14.2. The molecule has 2 heterocycles. The van der Waals surface area contributed by atoms with Crippen LogP contribution in [-0.4, -0.2) is 23.3 Å². The topological polar surface area (TPSA) is 90.7 Å². The lowest BCUT2D eigenvalue weighted by atomic mass is 10.0. The van der Waals surface area contributed by atoms with E-state index in [4.69, 9.17) is 19.6 Å². The zero-order valence-electron chi connectivity index (χ0n) is 14.2. The number of rotatable bonds is 6. The molecule has 0 bridgehead atoms. The predicted molar refractivity (Wildman–Crippen MR) is 95.8 cm³/mol. The van der Waals surface area contributed by atoms with E-state index < -0.39 is 0 Å². The number of nitrogen functional groups attached to an aromatic ring is 1. The van der Waals surface area contributed by atoms with Crippen molar-refractivity contribution in [3.63, 3.8) is 0 Å². The molecule has 0 aliphatic heterocycles. The number of nitrogens with zero attached hydrogens (tertiary/aromatic N) is 1. The Bertz CT molecular complexity index is 835. The van der Waals surface area contributed by atoms with Gasteiger partial charge in [-0.15, -0.1) is 0 Å². The van der Waals surface area contributed by atoms with Crippen molar-refractivity contribution in [3.8, 4) is 39.7 Å². The van der Waals surface area contributed by atoms with Gasteiger partial charge < -0.3 is 24.7 Å². The largest absolute Gasteiger partial charge is 0.504 e. The standard InChI is InChI=1S/C19H20N2O4/c1-3-23-14-8-13(9-15(10-14)24-4-2)16-17(22)18(25-19(16)20)12-6-5-7-21-11-12/h5-11,22H,3-4,20H2,1-2H3. The van der Waals surface area contributed by atoms with E-state index in [-0.39, 0.29) is 17.4 Å². The minimum atomic E-state index is -0.0402. The quantitative estimate of drug-likeness (QED) is 0.702. The number of nitrogens with two attached hydrogens (primary N) is 1. The molecule has 25 heavy (non-hydrogen) atoms. The molecule has 0 amide bonds. The molecule has 0 saturated carbocycles. The first kappa shape index (κ1) is 16.7. The molecule has 6 heteroatoms. The van der Waals surface area contributed by atoms with Gasteiger partial charge in [-0.25, -0.2) is 0 Å². The van der Waals surface area contributed by atoms with Gasteiger partial charge in [0.1, 0.15) is 11.5 Å². The summed E-state index contributed by atoms with van der Waals surface area (Å²) < 4.78 is 16.8. The highest BCUT2D eigenvalue weighted by Crippen LogP contribution is 2.46. The second-order valence-electron chi connectivity index (χ2n) is 5.32. The average Bonchev–Trinajstić information content (AvgIpc) is 2.90. The Hall–Kier alpha value is -3.15. The molecule has 6 nitrogen and oxygen atoms in total. The third-order valence-electron chi connectivity index (χ3n) is 3.62. The zero-order chi connectivity index (χ0) is 17.8. The number of benzene rings is 1. The summed E-state index contributed by atoms with van der Waals surface area (Å²) in [5, 5.41) is 10.7. The molecule has 0 aliphatic carbocycles. The maximum Gasteiger partial charge on any atom is 0.202 e. The molecule has 0 fully saturated rings. The van der Waals surface area contributed by atoms with E-state index in [0.717, 1.165) is 0 Å². The lowest BCUT2D eigenvalue weighted by Gasteiger charge is -2.10. The van der Waals surface area contributed by atoms with Crippen LogP contribution in [0.25, 0.3) is 22.5 Å². The molecule has 130 valence electrons. The van der Waals surface area contributed by atoms with Gasteiger partial charge in [-0.3, -0.25) is 4.98 Å². The van der Waals surface area contributed by atoms with E-state index in [1.165, 1.54) is 0 Å². The second-order valence-corrected chi connectivity index (χ2v) is 5.32. The number of pyridine rings is 1. The van der Waals surface area contributed by atoms with Gasteiger partial charge in [0, 0.05) is 24.0 Å². The van der Waals surface area contributed by atoms with Gasteiger partial charge in [0.05, 0.1) is 18.8 Å². The number of furan rings is 1. The van der Waals surface area contributed by atoms with Crippen LogP contribution in [0, 0.1) is 0 Å². The van der Waals surface area contributed by atoms with E-state index in [1.54, 1.807) is 42.7 Å². The van der Waals surface area contributed by atoms with Crippen molar-refractivity contribution in [1.29, 1.82) is 0 Å². The number of ether oxygens (including phenoxy) is 2. The summed E-state index contributed by atoms with van der Waals surface area (Å²) in [5.74, 6) is 1.62. The Morgan fingerprint density at radius 1 is 1.08 bits per heavy atom.